The third kappa shape index (κ3) is 3.50. The molecule has 3 nitrogen and oxygen atoms in total. The van der Waals surface area contributed by atoms with Crippen LogP contribution in [0.3, 0.4) is 0 Å². The number of halogens is 1. The van der Waals surface area contributed by atoms with Crippen molar-refractivity contribution in [3.63, 3.8) is 0 Å². The van der Waals surface area contributed by atoms with Crippen molar-refractivity contribution in [1.82, 2.24) is 5.32 Å². The highest BCUT2D eigenvalue weighted by Gasteiger charge is 2.08. The number of anilines is 1. The largest absolute Gasteiger partial charge is 0.398 e. The van der Waals surface area contributed by atoms with Gasteiger partial charge in [-0.15, -0.1) is 0 Å². The first-order valence-corrected chi connectivity index (χ1v) is 7.06. The van der Waals surface area contributed by atoms with Gasteiger partial charge in [0.15, 0.2) is 0 Å². The molecule has 20 heavy (non-hydrogen) atoms. The Morgan fingerprint density at radius 2 is 2.00 bits per heavy atom. The molecule has 0 fully saturated rings. The van der Waals surface area contributed by atoms with Crippen molar-refractivity contribution in [1.29, 1.82) is 0 Å². The van der Waals surface area contributed by atoms with Gasteiger partial charge in [0.1, 0.15) is 5.82 Å². The smallest absolute Gasteiger partial charge is 0.124 e. The molecule has 0 saturated carbocycles. The lowest BCUT2D eigenvalue weighted by molar-refractivity contribution is 0.282. The van der Waals surface area contributed by atoms with E-state index in [-0.39, 0.29) is 12.4 Å². The molecule has 106 valence electrons. The quantitative estimate of drug-likeness (QED) is 0.741. The zero-order valence-corrected chi connectivity index (χ0v) is 12.0. The number of rotatable bonds is 5. The van der Waals surface area contributed by atoms with Crippen LogP contribution in [0, 0.1) is 5.82 Å². The summed E-state index contributed by atoms with van der Waals surface area (Å²) < 4.78 is 13.4. The number of hydrogen-bond donors (Lipinski definition) is 3. The number of benzene rings is 2. The Labute approximate surface area is 122 Å². The summed E-state index contributed by atoms with van der Waals surface area (Å²) in [5.41, 5.74) is 8.33. The monoisotopic (exact) mass is 291 g/mol. The average molecular weight is 291 g/mol. The fourth-order valence-electron chi connectivity index (χ4n) is 1.87. The van der Waals surface area contributed by atoms with Crippen molar-refractivity contribution in [2.24, 2.45) is 0 Å². The highest BCUT2D eigenvalue weighted by molar-refractivity contribution is 7.99. The molecule has 0 heterocycles. The summed E-state index contributed by atoms with van der Waals surface area (Å²) in [4.78, 5) is 1.69. The lowest BCUT2D eigenvalue weighted by atomic mass is 10.2. The van der Waals surface area contributed by atoms with E-state index >= 15 is 0 Å². The topological polar surface area (TPSA) is 58.3 Å². The summed E-state index contributed by atoms with van der Waals surface area (Å²) in [6.07, 6.45) is 0. The molecule has 5 heteroatoms. The Bertz CT molecular complexity index is 604. The molecule has 0 aliphatic rings. The van der Waals surface area contributed by atoms with Crippen molar-refractivity contribution in [2.45, 2.75) is 22.9 Å². The Morgan fingerprint density at radius 3 is 2.65 bits per heavy atom. The van der Waals surface area contributed by atoms with E-state index in [1.165, 1.54) is 23.9 Å². The minimum absolute atomic E-state index is 0.0416. The Kier molecular flexibility index (Phi) is 5.00. The van der Waals surface area contributed by atoms with Crippen LogP contribution in [-0.4, -0.2) is 12.2 Å². The van der Waals surface area contributed by atoms with Crippen LogP contribution in [0.15, 0.2) is 46.2 Å². The first kappa shape index (κ1) is 14.8. The Morgan fingerprint density at radius 1 is 1.20 bits per heavy atom. The standard InChI is InChI=1S/C15H17FN2OS/c1-18-8-11-3-4-12(16)7-15(11)20-14-5-2-10(9-19)6-13(14)17/h2-7,18-19H,8-9,17H2,1H3/i1-1. The van der Waals surface area contributed by atoms with Gasteiger partial charge in [0.05, 0.1) is 6.61 Å². The lowest BCUT2D eigenvalue weighted by Gasteiger charge is -2.11. The van der Waals surface area contributed by atoms with E-state index in [9.17, 15) is 4.39 Å². The molecule has 0 bridgehead atoms. The molecule has 2 aromatic rings. The van der Waals surface area contributed by atoms with Gasteiger partial charge >= 0.3 is 0 Å². The Balaban J connectivity index is 2.31. The minimum Gasteiger partial charge on any atom is -0.398 e. The van der Waals surface area contributed by atoms with Crippen molar-refractivity contribution in [3.05, 3.63) is 53.3 Å². The van der Waals surface area contributed by atoms with E-state index in [2.05, 4.69) is 5.32 Å². The predicted octanol–water partition coefficient (Wildman–Crippen LogP) is 2.77. The van der Waals surface area contributed by atoms with Gasteiger partial charge in [-0.25, -0.2) is 4.39 Å². The second-order valence-electron chi connectivity index (χ2n) is 4.41. The maximum absolute atomic E-state index is 13.4. The fourth-order valence-corrected chi connectivity index (χ4v) is 2.86. The summed E-state index contributed by atoms with van der Waals surface area (Å²) >= 11 is 1.43. The van der Waals surface area contributed by atoms with Crippen LogP contribution in [0.2, 0.25) is 0 Å². The van der Waals surface area contributed by atoms with E-state index < -0.39 is 0 Å². The molecule has 2 rings (SSSR count). The number of nitrogen functional groups attached to an aromatic ring is 1. The summed E-state index contributed by atoms with van der Waals surface area (Å²) in [6, 6.07) is 10.1. The van der Waals surface area contributed by atoms with Gasteiger partial charge in [-0.3, -0.25) is 0 Å². The number of aliphatic hydroxyl groups excluding tert-OH is 1. The molecule has 0 aromatic heterocycles. The molecule has 0 unspecified atom stereocenters. The van der Waals surface area contributed by atoms with Gasteiger partial charge in [0, 0.05) is 22.0 Å². The zero-order chi connectivity index (χ0) is 14.5. The van der Waals surface area contributed by atoms with Crippen molar-refractivity contribution in [2.75, 3.05) is 12.8 Å². The third-order valence-electron chi connectivity index (χ3n) is 2.87. The lowest BCUT2D eigenvalue weighted by Crippen LogP contribution is -2.06. The number of aliphatic hydroxyl groups is 1. The summed E-state index contributed by atoms with van der Waals surface area (Å²) in [7, 11) is 1.85. The number of nitrogens with one attached hydrogen (secondary N) is 1. The third-order valence-corrected chi connectivity index (χ3v) is 4.06. The molecular weight excluding hydrogens is 274 g/mol. The first-order valence-electron chi connectivity index (χ1n) is 6.24. The normalized spacial score (nSPS) is 10.8. The molecule has 0 atom stereocenters. The molecule has 0 amide bonds. The first-order chi connectivity index (χ1) is 9.63. The number of hydrogen-bond acceptors (Lipinski definition) is 4. The van der Waals surface area contributed by atoms with Crippen LogP contribution in [0.1, 0.15) is 11.1 Å². The molecule has 0 aliphatic carbocycles. The van der Waals surface area contributed by atoms with Crippen molar-refractivity contribution < 1.29 is 9.50 Å². The SMILES string of the molecule is [11CH3]NCc1ccc(F)cc1Sc1ccc(CO)cc1N. The second kappa shape index (κ2) is 6.74. The van der Waals surface area contributed by atoms with Gasteiger partial charge in [0.25, 0.3) is 0 Å². The second-order valence-corrected chi connectivity index (χ2v) is 5.50. The van der Waals surface area contributed by atoms with Crippen LogP contribution in [0.4, 0.5) is 10.1 Å². The predicted molar refractivity (Wildman–Crippen MR) is 80.1 cm³/mol. The van der Waals surface area contributed by atoms with E-state index in [0.717, 1.165) is 20.9 Å². The number of nitrogens with two attached hydrogens (primary N) is 1. The van der Waals surface area contributed by atoms with Gasteiger partial charge in [-0.1, -0.05) is 23.9 Å². The summed E-state index contributed by atoms with van der Waals surface area (Å²) in [5.74, 6) is -0.266. The highest BCUT2D eigenvalue weighted by Crippen LogP contribution is 2.35. The fraction of sp³-hybridized carbons (Fsp3) is 0.200. The van der Waals surface area contributed by atoms with Gasteiger partial charge in [0.2, 0.25) is 0 Å². The van der Waals surface area contributed by atoms with Crippen LogP contribution < -0.4 is 11.1 Å². The van der Waals surface area contributed by atoms with Crippen LogP contribution in [-0.2, 0) is 13.2 Å². The van der Waals surface area contributed by atoms with E-state index in [1.807, 2.05) is 19.2 Å². The summed E-state index contributed by atoms with van der Waals surface area (Å²) in [6.45, 7) is 0.622. The molecule has 4 N–H and O–H groups in total. The van der Waals surface area contributed by atoms with E-state index in [0.29, 0.717) is 12.2 Å². The molecule has 0 aliphatic heterocycles. The zero-order valence-electron chi connectivity index (χ0n) is 11.2. The van der Waals surface area contributed by atoms with Crippen LogP contribution >= 0.6 is 11.8 Å². The van der Waals surface area contributed by atoms with Gasteiger partial charge in [-0.05, 0) is 42.4 Å². The highest BCUT2D eigenvalue weighted by atomic mass is 32.2. The van der Waals surface area contributed by atoms with Crippen LogP contribution in [0.25, 0.3) is 0 Å². The molecule has 0 radical (unpaired) electrons. The van der Waals surface area contributed by atoms with Crippen molar-refractivity contribution in [3.8, 4) is 0 Å². The molecule has 0 saturated heterocycles. The molecule has 2 aromatic carbocycles. The maximum atomic E-state index is 13.4. The van der Waals surface area contributed by atoms with Gasteiger partial charge in [-0.2, -0.15) is 0 Å². The Hall–Kier alpha value is -1.56. The van der Waals surface area contributed by atoms with E-state index in [4.69, 9.17) is 10.8 Å². The van der Waals surface area contributed by atoms with Gasteiger partial charge < -0.3 is 16.2 Å². The molecular formula is C15H17FN2OS. The maximum Gasteiger partial charge on any atom is 0.124 e. The van der Waals surface area contributed by atoms with Crippen LogP contribution in [0.5, 0.6) is 0 Å². The summed E-state index contributed by atoms with van der Waals surface area (Å²) in [5, 5.41) is 12.1. The van der Waals surface area contributed by atoms with Crippen molar-refractivity contribution >= 4 is 17.4 Å². The average Bonchev–Trinajstić information content (AvgIpc) is 2.44. The van der Waals surface area contributed by atoms with E-state index in [1.54, 1.807) is 12.1 Å². The molecule has 0 spiro atoms. The minimum atomic E-state index is -0.266.